The van der Waals surface area contributed by atoms with Crippen LogP contribution in [0, 0.1) is 0 Å². The van der Waals surface area contributed by atoms with E-state index < -0.39 is 22.0 Å². The van der Waals surface area contributed by atoms with Crippen molar-refractivity contribution < 1.29 is 22.7 Å². The molecule has 0 aliphatic rings. The maximum atomic E-state index is 12.8. The summed E-state index contributed by atoms with van der Waals surface area (Å²) in [4.78, 5) is 24.0. The van der Waals surface area contributed by atoms with Crippen LogP contribution in [0.3, 0.4) is 0 Å². The van der Waals surface area contributed by atoms with E-state index in [1.165, 1.54) is 30.3 Å². The van der Waals surface area contributed by atoms with Gasteiger partial charge in [-0.3, -0.25) is 4.72 Å². The van der Waals surface area contributed by atoms with Crippen molar-refractivity contribution >= 4 is 39.1 Å². The summed E-state index contributed by atoms with van der Waals surface area (Å²) in [7, 11) is -3.96. The van der Waals surface area contributed by atoms with Gasteiger partial charge in [0.05, 0.1) is 28.4 Å². The molecule has 31 heavy (non-hydrogen) atoms. The Balaban J connectivity index is 1.74. The number of para-hydroxylation sites is 3. The Kier molecular flexibility index (Phi) is 6.88. The summed E-state index contributed by atoms with van der Waals surface area (Å²) >= 11 is 0. The van der Waals surface area contributed by atoms with Gasteiger partial charge < -0.3 is 15.4 Å². The second-order valence-corrected chi connectivity index (χ2v) is 8.02. The first-order valence-electron chi connectivity index (χ1n) is 9.41. The lowest BCUT2D eigenvalue weighted by atomic mass is 10.2. The van der Waals surface area contributed by atoms with Crippen LogP contribution in [-0.2, 0) is 14.8 Å². The van der Waals surface area contributed by atoms with Crippen LogP contribution in [-0.4, -0.2) is 27.0 Å². The molecule has 0 bridgehead atoms. The minimum Gasteiger partial charge on any atom is -0.462 e. The second-order valence-electron chi connectivity index (χ2n) is 6.34. The van der Waals surface area contributed by atoms with Crippen molar-refractivity contribution in [3.8, 4) is 0 Å². The Morgan fingerprint density at radius 2 is 1.42 bits per heavy atom. The number of anilines is 3. The normalized spacial score (nSPS) is 10.7. The molecule has 0 aromatic heterocycles. The number of carbonyl (C=O) groups is 2. The molecule has 0 saturated carbocycles. The highest BCUT2D eigenvalue weighted by Crippen LogP contribution is 2.25. The number of hydrogen-bond acceptors (Lipinski definition) is 5. The quantitative estimate of drug-likeness (QED) is 0.475. The van der Waals surface area contributed by atoms with Crippen molar-refractivity contribution in [1.29, 1.82) is 0 Å². The van der Waals surface area contributed by atoms with Crippen LogP contribution in [0.15, 0.2) is 83.8 Å². The molecule has 0 radical (unpaired) electrons. The van der Waals surface area contributed by atoms with E-state index in [1.807, 2.05) is 6.07 Å². The highest BCUT2D eigenvalue weighted by atomic mass is 32.2. The summed E-state index contributed by atoms with van der Waals surface area (Å²) in [5, 5.41) is 5.30. The number of benzene rings is 3. The van der Waals surface area contributed by atoms with Crippen LogP contribution >= 0.6 is 0 Å². The fraction of sp³-hybridized carbons (Fsp3) is 0.0909. The van der Waals surface area contributed by atoms with Crippen molar-refractivity contribution in [2.75, 3.05) is 22.0 Å². The van der Waals surface area contributed by atoms with Gasteiger partial charge in [-0.15, -0.1) is 0 Å². The zero-order valence-corrected chi connectivity index (χ0v) is 17.5. The number of nitrogens with one attached hydrogen (secondary N) is 3. The van der Waals surface area contributed by atoms with Crippen LogP contribution in [0.2, 0.25) is 0 Å². The monoisotopic (exact) mass is 439 g/mol. The lowest BCUT2D eigenvalue weighted by Gasteiger charge is -2.14. The molecule has 0 saturated heterocycles. The van der Waals surface area contributed by atoms with Gasteiger partial charge in [-0.05, 0) is 55.5 Å². The number of amides is 2. The summed E-state index contributed by atoms with van der Waals surface area (Å²) in [6.07, 6.45) is 0. The Bertz CT molecular complexity index is 1160. The Hall–Kier alpha value is -3.85. The number of urea groups is 1. The van der Waals surface area contributed by atoms with Gasteiger partial charge in [0.2, 0.25) is 0 Å². The molecule has 8 nitrogen and oxygen atoms in total. The third kappa shape index (κ3) is 5.83. The maximum Gasteiger partial charge on any atom is 0.338 e. The fourth-order valence-corrected chi connectivity index (χ4v) is 3.76. The number of hydrogen-bond donors (Lipinski definition) is 3. The largest absolute Gasteiger partial charge is 0.462 e. The molecule has 0 aliphatic carbocycles. The highest BCUT2D eigenvalue weighted by molar-refractivity contribution is 7.92. The maximum absolute atomic E-state index is 12.8. The van der Waals surface area contributed by atoms with E-state index in [4.69, 9.17) is 4.74 Å². The van der Waals surface area contributed by atoms with E-state index in [2.05, 4.69) is 15.4 Å². The van der Waals surface area contributed by atoms with Crippen LogP contribution < -0.4 is 15.4 Å². The Labute approximate surface area is 180 Å². The molecule has 160 valence electrons. The smallest absolute Gasteiger partial charge is 0.338 e. The average molecular weight is 439 g/mol. The van der Waals surface area contributed by atoms with E-state index in [0.29, 0.717) is 5.69 Å². The first-order valence-corrected chi connectivity index (χ1v) is 10.9. The zero-order valence-electron chi connectivity index (χ0n) is 16.7. The van der Waals surface area contributed by atoms with Gasteiger partial charge in [-0.25, -0.2) is 18.0 Å². The molecule has 3 rings (SSSR count). The number of rotatable bonds is 7. The van der Waals surface area contributed by atoms with Crippen molar-refractivity contribution in [2.45, 2.75) is 11.8 Å². The number of ether oxygens (including phenoxy) is 1. The summed E-state index contributed by atoms with van der Waals surface area (Å²) < 4.78 is 32.9. The minimum absolute atomic E-state index is 0.0379. The third-order valence-corrected chi connectivity index (χ3v) is 5.51. The van der Waals surface area contributed by atoms with Crippen LogP contribution in [0.1, 0.15) is 17.3 Å². The van der Waals surface area contributed by atoms with Gasteiger partial charge in [0.15, 0.2) is 0 Å². The van der Waals surface area contributed by atoms with Crippen LogP contribution in [0.4, 0.5) is 21.9 Å². The number of esters is 1. The van der Waals surface area contributed by atoms with Gasteiger partial charge in [0, 0.05) is 5.69 Å². The molecule has 0 heterocycles. The summed E-state index contributed by atoms with van der Waals surface area (Å²) in [5.74, 6) is -0.529. The molecule has 0 fully saturated rings. The molecule has 3 aromatic carbocycles. The molecule has 0 aliphatic heterocycles. The molecule has 3 N–H and O–H groups in total. The van der Waals surface area contributed by atoms with Gasteiger partial charge in [-0.1, -0.05) is 30.3 Å². The summed E-state index contributed by atoms with van der Waals surface area (Å²) in [5.41, 5.74) is 1.32. The third-order valence-electron chi connectivity index (χ3n) is 4.13. The van der Waals surface area contributed by atoms with E-state index in [-0.39, 0.29) is 28.4 Å². The topological polar surface area (TPSA) is 114 Å². The molecule has 9 heteroatoms. The predicted molar refractivity (Wildman–Crippen MR) is 119 cm³/mol. The lowest BCUT2D eigenvalue weighted by molar-refractivity contribution is 0.0526. The first-order chi connectivity index (χ1) is 14.9. The standard InChI is InChI=1S/C22H21N3O5S/c1-2-30-21(26)16-12-14-18(15-13-16)31(28,29)25-20-11-7-6-10-19(20)24-22(27)23-17-8-4-3-5-9-17/h3-15,25H,2H2,1H3,(H2,23,24,27). The van der Waals surface area contributed by atoms with Crippen molar-refractivity contribution in [3.63, 3.8) is 0 Å². The van der Waals surface area contributed by atoms with E-state index in [1.54, 1.807) is 49.4 Å². The zero-order chi connectivity index (χ0) is 22.3. The van der Waals surface area contributed by atoms with Crippen molar-refractivity contribution in [3.05, 3.63) is 84.4 Å². The van der Waals surface area contributed by atoms with Gasteiger partial charge in [0.1, 0.15) is 0 Å². The summed E-state index contributed by atoms with van der Waals surface area (Å²) in [6.45, 7) is 1.91. The van der Waals surface area contributed by atoms with E-state index in [9.17, 15) is 18.0 Å². The fourth-order valence-electron chi connectivity index (χ4n) is 2.68. The van der Waals surface area contributed by atoms with Gasteiger partial charge >= 0.3 is 12.0 Å². The van der Waals surface area contributed by atoms with Gasteiger partial charge in [0.25, 0.3) is 10.0 Å². The molecule has 2 amide bonds. The number of carbonyl (C=O) groups excluding carboxylic acids is 2. The van der Waals surface area contributed by atoms with Gasteiger partial charge in [-0.2, -0.15) is 0 Å². The molecular weight excluding hydrogens is 418 g/mol. The molecule has 0 spiro atoms. The predicted octanol–water partition coefficient (Wildman–Crippen LogP) is 4.31. The first kappa shape index (κ1) is 21.8. The van der Waals surface area contributed by atoms with Crippen molar-refractivity contribution in [2.24, 2.45) is 0 Å². The second kappa shape index (κ2) is 9.77. The summed E-state index contributed by atoms with van der Waals surface area (Å²) in [6, 6.07) is 20.1. The van der Waals surface area contributed by atoms with Crippen LogP contribution in [0.25, 0.3) is 0 Å². The molecular formula is C22H21N3O5S. The average Bonchev–Trinajstić information content (AvgIpc) is 2.76. The lowest BCUT2D eigenvalue weighted by Crippen LogP contribution is -2.21. The molecule has 0 unspecified atom stereocenters. The highest BCUT2D eigenvalue weighted by Gasteiger charge is 2.18. The van der Waals surface area contributed by atoms with Crippen LogP contribution in [0.5, 0.6) is 0 Å². The van der Waals surface area contributed by atoms with E-state index >= 15 is 0 Å². The van der Waals surface area contributed by atoms with E-state index in [0.717, 1.165) is 0 Å². The SMILES string of the molecule is CCOC(=O)c1ccc(S(=O)(=O)Nc2ccccc2NC(=O)Nc2ccccc2)cc1. The molecule has 3 aromatic rings. The Morgan fingerprint density at radius 1 is 0.806 bits per heavy atom. The van der Waals surface area contributed by atoms with Crippen molar-refractivity contribution in [1.82, 2.24) is 0 Å². The number of sulfonamides is 1. The molecule has 0 atom stereocenters. The minimum atomic E-state index is -3.96. The Morgan fingerprint density at radius 3 is 2.06 bits per heavy atom.